The summed E-state index contributed by atoms with van der Waals surface area (Å²) in [4.78, 5) is 28.6. The van der Waals surface area contributed by atoms with E-state index in [1.165, 1.54) is 22.1 Å². The number of thiophene rings is 1. The molecule has 0 saturated carbocycles. The number of carboxylic acid groups (broad SMARTS) is 1. The lowest BCUT2D eigenvalue weighted by molar-refractivity contribution is 0.0697. The Balaban J connectivity index is 1.09. The van der Waals surface area contributed by atoms with Gasteiger partial charge >= 0.3 is 11.6 Å². The summed E-state index contributed by atoms with van der Waals surface area (Å²) in [5.74, 6) is -0.991. The molecule has 50 heavy (non-hydrogen) atoms. The van der Waals surface area contributed by atoms with Crippen LogP contribution >= 0.6 is 11.3 Å². The van der Waals surface area contributed by atoms with Crippen molar-refractivity contribution in [3.63, 3.8) is 0 Å². The molecule has 1 aliphatic rings. The van der Waals surface area contributed by atoms with Crippen molar-refractivity contribution in [1.29, 1.82) is 5.26 Å². The number of benzene rings is 5. The first-order valence-electron chi connectivity index (χ1n) is 16.3. The van der Waals surface area contributed by atoms with E-state index in [-0.39, 0.29) is 11.1 Å². The highest BCUT2D eigenvalue weighted by atomic mass is 32.1. The summed E-state index contributed by atoms with van der Waals surface area (Å²) in [7, 11) is 0. The fourth-order valence-corrected chi connectivity index (χ4v) is 8.33. The highest BCUT2D eigenvalue weighted by molar-refractivity contribution is 7.18. The van der Waals surface area contributed by atoms with Crippen LogP contribution in [0.25, 0.3) is 59.3 Å². The number of aromatic carboxylic acids is 1. The lowest BCUT2D eigenvalue weighted by atomic mass is 9.96. The highest BCUT2D eigenvalue weighted by Gasteiger charge is 2.24. The van der Waals surface area contributed by atoms with Crippen molar-refractivity contribution < 1.29 is 14.3 Å². The van der Waals surface area contributed by atoms with Crippen LogP contribution in [0, 0.1) is 11.3 Å². The molecule has 1 N–H and O–H groups in total. The maximum absolute atomic E-state index is 13.5. The Hall–Kier alpha value is -6.43. The molecule has 7 nitrogen and oxygen atoms in total. The summed E-state index contributed by atoms with van der Waals surface area (Å²) in [6.07, 6.45) is 1.78. The van der Waals surface area contributed by atoms with Crippen molar-refractivity contribution in [3.8, 4) is 32.6 Å². The predicted molar refractivity (Wildman–Crippen MR) is 199 cm³/mol. The van der Waals surface area contributed by atoms with Crippen LogP contribution in [-0.2, 0) is 6.42 Å². The lowest BCUT2D eigenvalue weighted by Gasteiger charge is -2.32. The van der Waals surface area contributed by atoms with Gasteiger partial charge in [-0.05, 0) is 90.7 Å². The molecule has 8 heteroatoms. The van der Waals surface area contributed by atoms with Gasteiger partial charge in [0.1, 0.15) is 11.7 Å². The van der Waals surface area contributed by atoms with Crippen LogP contribution in [-0.4, -0.2) is 22.2 Å². The number of rotatable bonds is 5. The van der Waals surface area contributed by atoms with Gasteiger partial charge in [0.05, 0.1) is 27.7 Å². The maximum atomic E-state index is 13.5. The molecule has 9 rings (SSSR count). The molecule has 0 aliphatic carbocycles. The molecule has 0 radical (unpaired) electrons. The van der Waals surface area contributed by atoms with Gasteiger partial charge in [-0.2, -0.15) is 5.26 Å². The van der Waals surface area contributed by atoms with Gasteiger partial charge in [-0.3, -0.25) is 0 Å². The summed E-state index contributed by atoms with van der Waals surface area (Å²) in [5.41, 5.74) is 7.87. The zero-order chi connectivity index (χ0) is 33.9. The first-order chi connectivity index (χ1) is 24.5. The summed E-state index contributed by atoms with van der Waals surface area (Å²) in [5, 5.41) is 22.7. The summed E-state index contributed by atoms with van der Waals surface area (Å²) < 4.78 is 8.25. The Kier molecular flexibility index (Phi) is 6.90. The zero-order valence-corrected chi connectivity index (χ0v) is 27.4. The molecule has 0 fully saturated rings. The molecule has 0 unspecified atom stereocenters. The van der Waals surface area contributed by atoms with Crippen LogP contribution in [0.3, 0.4) is 0 Å². The van der Waals surface area contributed by atoms with Gasteiger partial charge in [0.25, 0.3) is 0 Å². The number of carbonyl (C=O) groups is 1. The van der Waals surface area contributed by atoms with Crippen LogP contribution in [0.4, 0.5) is 11.4 Å². The van der Waals surface area contributed by atoms with Gasteiger partial charge in [-0.25, -0.2) is 9.59 Å². The van der Waals surface area contributed by atoms with Gasteiger partial charge < -0.3 is 19.0 Å². The smallest absolute Gasteiger partial charge is 0.346 e. The second kappa shape index (κ2) is 11.6. The first kappa shape index (κ1) is 29.7. The van der Waals surface area contributed by atoms with Crippen LogP contribution in [0.15, 0.2) is 131 Å². The van der Waals surface area contributed by atoms with E-state index in [1.54, 1.807) is 24.3 Å². The molecule has 4 heterocycles. The van der Waals surface area contributed by atoms with E-state index < -0.39 is 11.6 Å². The summed E-state index contributed by atoms with van der Waals surface area (Å²) in [6, 6.07) is 42.0. The van der Waals surface area contributed by atoms with Crippen molar-refractivity contribution in [1.82, 2.24) is 4.57 Å². The minimum atomic E-state index is -0.991. The SMILES string of the molecule is N#Cc1c(-c2ccc(-c3ccc(C(=O)O)cc3)s2)c(=O)oc2cc3c(cc12)CCCN3c1ccc(-n2c3ccccc3c3ccccc32)cc1. The van der Waals surface area contributed by atoms with Gasteiger partial charge in [-0.1, -0.05) is 48.5 Å². The Morgan fingerprint density at radius 2 is 1.44 bits per heavy atom. The van der Waals surface area contributed by atoms with Gasteiger partial charge in [0.15, 0.2) is 0 Å². The second-order valence-corrected chi connectivity index (χ2v) is 13.5. The second-order valence-electron chi connectivity index (χ2n) is 12.4. The number of aryl methyl sites for hydroxylation is 1. The highest BCUT2D eigenvalue weighted by Crippen LogP contribution is 2.41. The minimum Gasteiger partial charge on any atom is -0.478 e. The summed E-state index contributed by atoms with van der Waals surface area (Å²) in [6.45, 7) is 0.812. The van der Waals surface area contributed by atoms with Gasteiger partial charge in [0, 0.05) is 55.6 Å². The number of aromatic nitrogens is 1. The standard InChI is InChI=1S/C42H27N3O4S/c43-24-33-32-22-27-6-5-21-44(28-15-17-29(18-16-28)45-34-9-3-1-7-30(34)31-8-2-4-10-35(31)45)36(27)23-37(32)49-42(48)40(33)39-20-19-38(50-39)25-11-13-26(14-12-25)41(46)47/h1-4,7-20,22-23H,5-6,21H2,(H,46,47). The largest absolute Gasteiger partial charge is 0.478 e. The van der Waals surface area contributed by atoms with Crippen molar-refractivity contribution in [3.05, 3.63) is 148 Å². The van der Waals surface area contributed by atoms with Crippen LogP contribution in [0.2, 0.25) is 0 Å². The van der Waals surface area contributed by atoms with Crippen molar-refractivity contribution in [2.24, 2.45) is 0 Å². The Morgan fingerprint density at radius 3 is 2.12 bits per heavy atom. The number of hydrogen-bond acceptors (Lipinski definition) is 6. The number of fused-ring (bicyclic) bond motifs is 5. The average Bonchev–Trinajstić information content (AvgIpc) is 3.77. The van der Waals surface area contributed by atoms with E-state index in [2.05, 4.69) is 88.3 Å². The third kappa shape index (κ3) is 4.71. The summed E-state index contributed by atoms with van der Waals surface area (Å²) >= 11 is 1.36. The molecule has 0 bridgehead atoms. The fraction of sp³-hybridized carbons (Fsp3) is 0.0714. The molecule has 0 spiro atoms. The molecule has 0 saturated heterocycles. The van der Waals surface area contributed by atoms with Crippen molar-refractivity contribution >= 4 is 61.5 Å². The van der Waals surface area contributed by atoms with Crippen molar-refractivity contribution in [2.75, 3.05) is 11.4 Å². The average molecular weight is 670 g/mol. The maximum Gasteiger partial charge on any atom is 0.346 e. The molecule has 240 valence electrons. The Morgan fingerprint density at radius 1 is 0.780 bits per heavy atom. The van der Waals surface area contributed by atoms with E-state index in [1.807, 2.05) is 24.3 Å². The molecule has 0 amide bonds. The first-order valence-corrected chi connectivity index (χ1v) is 17.1. The molecule has 5 aromatic carbocycles. The Bertz CT molecular complexity index is 2700. The topological polar surface area (TPSA) is 99.5 Å². The van der Waals surface area contributed by atoms with Crippen LogP contribution < -0.4 is 10.5 Å². The van der Waals surface area contributed by atoms with Crippen molar-refractivity contribution in [2.45, 2.75) is 12.8 Å². The Labute approximate surface area is 290 Å². The predicted octanol–water partition coefficient (Wildman–Crippen LogP) is 9.94. The van der Waals surface area contributed by atoms with Gasteiger partial charge in [0.2, 0.25) is 0 Å². The number of hydrogen-bond donors (Lipinski definition) is 1. The number of carboxylic acids is 1. The molecule has 3 aromatic heterocycles. The number of nitrogens with zero attached hydrogens (tertiary/aromatic N) is 3. The molecule has 1 aliphatic heterocycles. The normalized spacial score (nSPS) is 12.7. The van der Waals surface area contributed by atoms with E-state index in [0.29, 0.717) is 21.4 Å². The number of para-hydroxylation sites is 2. The van der Waals surface area contributed by atoms with Crippen LogP contribution in [0.1, 0.15) is 27.9 Å². The molecular formula is C42H27N3O4S. The zero-order valence-electron chi connectivity index (χ0n) is 26.6. The molecule has 8 aromatic rings. The van der Waals surface area contributed by atoms with Gasteiger partial charge in [-0.15, -0.1) is 11.3 Å². The van der Waals surface area contributed by atoms with Crippen LogP contribution in [0.5, 0.6) is 0 Å². The van der Waals surface area contributed by atoms with E-state index >= 15 is 0 Å². The molecular weight excluding hydrogens is 643 g/mol. The number of nitriles is 1. The van der Waals surface area contributed by atoms with E-state index in [0.717, 1.165) is 63.5 Å². The quantitative estimate of drug-likeness (QED) is 0.183. The minimum absolute atomic E-state index is 0.200. The van der Waals surface area contributed by atoms with E-state index in [9.17, 15) is 20.0 Å². The van der Waals surface area contributed by atoms with E-state index in [4.69, 9.17) is 4.42 Å². The monoisotopic (exact) mass is 669 g/mol. The number of anilines is 2. The third-order valence-corrected chi connectivity index (χ3v) is 10.8. The third-order valence-electron chi connectivity index (χ3n) is 9.61. The fourth-order valence-electron chi connectivity index (χ4n) is 7.28. The lowest BCUT2D eigenvalue weighted by Crippen LogP contribution is -2.24. The molecule has 0 atom stereocenters.